The third-order valence-corrected chi connectivity index (χ3v) is 10.6. The van der Waals surface area contributed by atoms with E-state index in [0.29, 0.717) is 22.3 Å². The monoisotopic (exact) mass is 925 g/mol. The second-order valence-electron chi connectivity index (χ2n) is 15.8. The molecule has 0 unspecified atom stereocenters. The summed E-state index contributed by atoms with van der Waals surface area (Å²) in [6.45, 7) is 7.65. The molecule has 0 radical (unpaired) electrons. The lowest BCUT2D eigenvalue weighted by molar-refractivity contribution is 0.0697. The van der Waals surface area contributed by atoms with Crippen molar-refractivity contribution >= 4 is 71.1 Å². The predicted molar refractivity (Wildman–Crippen MR) is 283 cm³/mol. The van der Waals surface area contributed by atoms with Gasteiger partial charge in [0, 0.05) is 28.1 Å². The number of nitrogens with one attached hydrogen (secondary N) is 3. The molecule has 0 fully saturated rings. The maximum atomic E-state index is 12.4. The van der Waals surface area contributed by atoms with Gasteiger partial charge in [0.25, 0.3) is 17.7 Å². The summed E-state index contributed by atoms with van der Waals surface area (Å²) in [5.74, 6) is -1.33. The van der Waals surface area contributed by atoms with Crippen LogP contribution in [0.15, 0.2) is 201 Å². The van der Waals surface area contributed by atoms with Gasteiger partial charge in [-0.2, -0.15) is 0 Å². The smallest absolute Gasteiger partial charge is 0.337 e. The Hall–Kier alpha value is -9.54. The topological polar surface area (TPSA) is 165 Å². The van der Waals surface area contributed by atoms with E-state index in [1.54, 1.807) is 121 Å². The van der Waals surface area contributed by atoms with E-state index in [-0.39, 0.29) is 40.5 Å². The molecule has 10 heteroatoms. The molecule has 0 saturated carbocycles. The maximum absolute atomic E-state index is 12.4. The van der Waals surface area contributed by atoms with Gasteiger partial charge in [-0.1, -0.05) is 146 Å². The quantitative estimate of drug-likeness (QED) is 0.0664. The number of aryl methyl sites for hydroxylation is 2. The summed E-state index contributed by atoms with van der Waals surface area (Å²) in [5.41, 5.74) is 9.97. The Labute approximate surface area is 407 Å². The molecule has 0 heterocycles. The van der Waals surface area contributed by atoms with Crippen LogP contribution in [0.1, 0.15) is 80.4 Å². The molecule has 0 aliphatic carbocycles. The van der Waals surface area contributed by atoms with Gasteiger partial charge in [0.2, 0.25) is 0 Å². The van der Waals surface area contributed by atoms with Gasteiger partial charge in [0.05, 0.1) is 11.3 Å². The molecule has 348 valence electrons. The number of carbonyl (C=O) groups is 4. The van der Waals surface area contributed by atoms with Gasteiger partial charge in [0.1, 0.15) is 11.5 Å². The first-order valence-corrected chi connectivity index (χ1v) is 22.1. The number of phenols is 2. The van der Waals surface area contributed by atoms with Crippen molar-refractivity contribution in [2.24, 2.45) is 0 Å². The highest BCUT2D eigenvalue weighted by atomic mass is 16.4. The Kier molecular flexibility index (Phi) is 17.7. The Morgan fingerprint density at radius 3 is 1.13 bits per heavy atom. The van der Waals surface area contributed by atoms with Crippen LogP contribution < -0.4 is 16.0 Å². The molecule has 3 amide bonds. The zero-order chi connectivity index (χ0) is 49.8. The molecule has 8 aromatic carbocycles. The molecule has 0 aromatic heterocycles. The van der Waals surface area contributed by atoms with Gasteiger partial charge in [-0.15, -0.1) is 0 Å². The molecular weight excluding hydrogens is 875 g/mol. The number of phenolic OH excluding ortho intramolecular Hbond substituents is 2. The van der Waals surface area contributed by atoms with Crippen LogP contribution in [0.25, 0.3) is 30.4 Å². The van der Waals surface area contributed by atoms with Gasteiger partial charge in [-0.25, -0.2) is 4.79 Å². The number of rotatable bonds is 12. The standard InChI is InChI=1S/C22H17NO4.C22H19NO2.C16H15NO/c24-18-8-4-5-15(13-18)9-10-16-11-12-19(22(26)27)20(14-16)23-21(25)17-6-2-1-3-7-17;1-16-10-11-18(13-12-17-6-5-9-20(24)14-17)15-21(16)23-22(25)19-7-3-2-4-8-19;1-3-13-10-9-12(2)15(11-13)17-16(18)14-7-5-4-6-8-14/h1-14,24H,(H,23,25)(H,26,27);2-15,24H,1H3,(H,23,25);3-11H,1H2,2H3,(H,17,18)/b10-9+;13-12+;. The minimum absolute atomic E-state index is 0.00814. The Balaban J connectivity index is 0.000000176. The van der Waals surface area contributed by atoms with Crippen LogP contribution in [0.3, 0.4) is 0 Å². The first kappa shape index (κ1) is 49.9. The van der Waals surface area contributed by atoms with E-state index in [9.17, 15) is 34.5 Å². The summed E-state index contributed by atoms with van der Waals surface area (Å²) in [5, 5.41) is 36.9. The second kappa shape index (κ2) is 24.8. The lowest BCUT2D eigenvalue weighted by Crippen LogP contribution is -2.14. The Morgan fingerprint density at radius 1 is 0.400 bits per heavy atom. The molecule has 0 aliphatic rings. The number of aromatic carboxylic acids is 1. The lowest BCUT2D eigenvalue weighted by atomic mass is 10.1. The first-order valence-electron chi connectivity index (χ1n) is 22.1. The fourth-order valence-electron chi connectivity index (χ4n) is 6.73. The van der Waals surface area contributed by atoms with E-state index in [1.807, 2.05) is 111 Å². The second-order valence-corrected chi connectivity index (χ2v) is 15.8. The molecule has 8 aromatic rings. The number of hydrogen-bond acceptors (Lipinski definition) is 6. The summed E-state index contributed by atoms with van der Waals surface area (Å²) in [6.07, 6.45) is 9.20. The van der Waals surface area contributed by atoms with E-state index in [2.05, 4.69) is 22.5 Å². The molecule has 6 N–H and O–H groups in total. The van der Waals surface area contributed by atoms with E-state index in [0.717, 1.165) is 44.8 Å². The Bertz CT molecular complexity index is 3170. The number of carboxylic acids is 1. The summed E-state index contributed by atoms with van der Waals surface area (Å²) in [7, 11) is 0. The van der Waals surface area contributed by atoms with E-state index in [1.165, 1.54) is 6.07 Å². The van der Waals surface area contributed by atoms with Crippen LogP contribution in [-0.4, -0.2) is 39.0 Å². The molecular formula is C60H51N3O7. The molecule has 70 heavy (non-hydrogen) atoms. The van der Waals surface area contributed by atoms with Gasteiger partial charge in [-0.05, 0) is 138 Å². The van der Waals surface area contributed by atoms with Crippen molar-refractivity contribution in [2.45, 2.75) is 13.8 Å². The predicted octanol–water partition coefficient (Wildman–Crippen LogP) is 13.5. The summed E-state index contributed by atoms with van der Waals surface area (Å²) in [6, 6.07) is 57.2. The largest absolute Gasteiger partial charge is 0.508 e. The third-order valence-electron chi connectivity index (χ3n) is 10.6. The van der Waals surface area contributed by atoms with Crippen molar-refractivity contribution < 1.29 is 34.5 Å². The van der Waals surface area contributed by atoms with Gasteiger partial charge in [-0.3, -0.25) is 14.4 Å². The van der Waals surface area contributed by atoms with Crippen molar-refractivity contribution in [3.8, 4) is 11.5 Å². The third kappa shape index (κ3) is 15.0. The minimum Gasteiger partial charge on any atom is -0.508 e. The number of benzene rings is 8. The molecule has 0 aliphatic heterocycles. The van der Waals surface area contributed by atoms with Gasteiger partial charge < -0.3 is 31.3 Å². The van der Waals surface area contributed by atoms with Crippen LogP contribution in [0.2, 0.25) is 0 Å². The van der Waals surface area contributed by atoms with Crippen LogP contribution >= 0.6 is 0 Å². The average molecular weight is 926 g/mol. The van der Waals surface area contributed by atoms with Crippen molar-refractivity contribution in [2.75, 3.05) is 16.0 Å². The normalized spacial score (nSPS) is 10.5. The fraction of sp³-hybridized carbons (Fsp3) is 0.0333. The molecule has 0 spiro atoms. The van der Waals surface area contributed by atoms with Crippen molar-refractivity contribution in [1.29, 1.82) is 0 Å². The van der Waals surface area contributed by atoms with Crippen LogP contribution in [0.4, 0.5) is 17.1 Å². The summed E-state index contributed by atoms with van der Waals surface area (Å²) >= 11 is 0. The number of anilines is 3. The summed E-state index contributed by atoms with van der Waals surface area (Å²) in [4.78, 5) is 48.2. The number of carboxylic acid groups (broad SMARTS) is 1. The molecule has 10 nitrogen and oxygen atoms in total. The van der Waals surface area contributed by atoms with E-state index < -0.39 is 5.97 Å². The lowest BCUT2D eigenvalue weighted by Gasteiger charge is -2.10. The number of amides is 3. The van der Waals surface area contributed by atoms with Gasteiger partial charge >= 0.3 is 5.97 Å². The first-order chi connectivity index (χ1) is 33.8. The maximum Gasteiger partial charge on any atom is 0.337 e. The van der Waals surface area contributed by atoms with Crippen molar-refractivity contribution in [3.63, 3.8) is 0 Å². The number of aromatic hydroxyl groups is 2. The molecule has 0 saturated heterocycles. The highest BCUT2D eigenvalue weighted by molar-refractivity contribution is 6.08. The van der Waals surface area contributed by atoms with Crippen molar-refractivity contribution in [1.82, 2.24) is 0 Å². The zero-order valence-electron chi connectivity index (χ0n) is 38.5. The van der Waals surface area contributed by atoms with Crippen LogP contribution in [-0.2, 0) is 0 Å². The van der Waals surface area contributed by atoms with Crippen molar-refractivity contribution in [3.05, 3.63) is 262 Å². The SMILES string of the molecule is C=Cc1ccc(C)c(NC(=O)c2ccccc2)c1.Cc1ccc(/C=C/c2cccc(O)c2)cc1NC(=O)c1ccccc1.O=C(Nc1cc(/C=C/c2cccc(O)c2)ccc1C(=O)O)c1ccccc1. The molecule has 8 rings (SSSR count). The number of carbonyl (C=O) groups excluding carboxylic acids is 3. The highest BCUT2D eigenvalue weighted by Crippen LogP contribution is 2.24. The zero-order valence-corrected chi connectivity index (χ0v) is 38.5. The fourth-order valence-corrected chi connectivity index (χ4v) is 6.73. The molecule has 0 bridgehead atoms. The Morgan fingerprint density at radius 2 is 0.743 bits per heavy atom. The average Bonchev–Trinajstić information content (AvgIpc) is 3.37. The molecule has 0 atom stereocenters. The van der Waals surface area contributed by atoms with E-state index in [4.69, 9.17) is 0 Å². The highest BCUT2D eigenvalue weighted by Gasteiger charge is 2.14. The number of hydrogen-bond donors (Lipinski definition) is 6. The van der Waals surface area contributed by atoms with E-state index >= 15 is 0 Å². The van der Waals surface area contributed by atoms with Gasteiger partial charge in [0.15, 0.2) is 0 Å². The summed E-state index contributed by atoms with van der Waals surface area (Å²) < 4.78 is 0. The minimum atomic E-state index is -1.12. The van der Waals surface area contributed by atoms with Crippen LogP contribution in [0, 0.1) is 13.8 Å². The van der Waals surface area contributed by atoms with Crippen LogP contribution in [0.5, 0.6) is 11.5 Å².